The van der Waals surface area contributed by atoms with Gasteiger partial charge in [0.05, 0.1) is 10.6 Å². The maximum absolute atomic E-state index is 12.5. The average molecular weight is 324 g/mol. The molecule has 0 atom stereocenters. The summed E-state index contributed by atoms with van der Waals surface area (Å²) in [6, 6.07) is 8.20. The minimum Gasteiger partial charge on any atom is -0.223 e. The Kier molecular flexibility index (Phi) is 3.34. The van der Waals surface area contributed by atoms with E-state index in [0.717, 1.165) is 4.63 Å². The van der Waals surface area contributed by atoms with Gasteiger partial charge in [-0.15, -0.1) is 14.8 Å². The van der Waals surface area contributed by atoms with Crippen molar-refractivity contribution in [2.24, 2.45) is 0 Å². The summed E-state index contributed by atoms with van der Waals surface area (Å²) in [4.78, 5) is 0.239. The zero-order valence-corrected chi connectivity index (χ0v) is 12.5. The van der Waals surface area contributed by atoms with Gasteiger partial charge >= 0.3 is 0 Å². The van der Waals surface area contributed by atoms with Crippen LogP contribution in [0.1, 0.15) is 11.1 Å². The summed E-state index contributed by atoms with van der Waals surface area (Å²) in [5.41, 5.74) is 1.29. The Labute approximate surface area is 125 Å². The number of halogens is 1. The molecule has 3 aromatic rings. The molecule has 2 aromatic heterocycles. The van der Waals surface area contributed by atoms with E-state index in [4.69, 9.17) is 11.6 Å². The molecule has 0 saturated carbocycles. The predicted molar refractivity (Wildman–Crippen MR) is 75.7 cm³/mol. The molecule has 0 spiro atoms. The summed E-state index contributed by atoms with van der Waals surface area (Å²) in [5, 5.41) is 15.1. The van der Waals surface area contributed by atoms with Gasteiger partial charge in [0.25, 0.3) is 0 Å². The first-order valence-corrected chi connectivity index (χ1v) is 8.03. The number of fused-ring (bicyclic) bond motifs is 1. The standard InChI is InChI=1S/C12H10ClN5O2S/c1-8-10(12-14-16-17-18(12)15-11(8)13)7-21(19,20)9-5-3-2-4-6-9/h2-6H,7H2,1H3. The van der Waals surface area contributed by atoms with Gasteiger partial charge < -0.3 is 0 Å². The van der Waals surface area contributed by atoms with Crippen LogP contribution in [0.25, 0.3) is 5.65 Å². The van der Waals surface area contributed by atoms with Gasteiger partial charge in [-0.3, -0.25) is 0 Å². The largest absolute Gasteiger partial charge is 0.223 e. The van der Waals surface area contributed by atoms with Crippen molar-refractivity contribution in [3.8, 4) is 0 Å². The Morgan fingerprint density at radius 3 is 2.67 bits per heavy atom. The number of rotatable bonds is 3. The second-order valence-electron chi connectivity index (χ2n) is 4.46. The molecule has 0 aliphatic carbocycles. The molecule has 0 saturated heterocycles. The molecule has 9 heteroatoms. The quantitative estimate of drug-likeness (QED) is 0.724. The predicted octanol–water partition coefficient (Wildman–Crippen LogP) is 1.46. The van der Waals surface area contributed by atoms with Crippen LogP contribution in [0.3, 0.4) is 0 Å². The third-order valence-electron chi connectivity index (χ3n) is 3.10. The molecule has 7 nitrogen and oxygen atoms in total. The lowest BCUT2D eigenvalue weighted by atomic mass is 10.2. The van der Waals surface area contributed by atoms with Gasteiger partial charge in [-0.1, -0.05) is 29.8 Å². The van der Waals surface area contributed by atoms with E-state index in [1.165, 1.54) is 0 Å². The van der Waals surface area contributed by atoms with E-state index >= 15 is 0 Å². The average Bonchev–Trinajstić information content (AvgIpc) is 2.92. The van der Waals surface area contributed by atoms with Gasteiger partial charge in [-0.2, -0.15) is 0 Å². The lowest BCUT2D eigenvalue weighted by molar-refractivity contribution is 0.595. The second kappa shape index (κ2) is 5.05. The van der Waals surface area contributed by atoms with Crippen molar-refractivity contribution in [2.45, 2.75) is 17.6 Å². The molecule has 21 heavy (non-hydrogen) atoms. The smallest absolute Gasteiger partial charge is 0.204 e. The molecule has 3 rings (SSSR count). The first-order valence-electron chi connectivity index (χ1n) is 6.00. The molecule has 1 aromatic carbocycles. The summed E-state index contributed by atoms with van der Waals surface area (Å²) < 4.78 is 26.1. The van der Waals surface area contributed by atoms with E-state index in [2.05, 4.69) is 20.6 Å². The van der Waals surface area contributed by atoms with Crippen LogP contribution in [0, 0.1) is 6.92 Å². The minimum atomic E-state index is -3.52. The first kappa shape index (κ1) is 13.9. The molecular formula is C12H10ClN5O2S. The van der Waals surface area contributed by atoms with Gasteiger partial charge in [0, 0.05) is 5.56 Å². The van der Waals surface area contributed by atoms with Crippen molar-refractivity contribution in [1.29, 1.82) is 0 Å². The maximum atomic E-state index is 12.5. The van der Waals surface area contributed by atoms with Crippen molar-refractivity contribution in [3.63, 3.8) is 0 Å². The SMILES string of the molecule is Cc1c(Cl)nn2nnnc2c1CS(=O)(=O)c1ccccc1. The summed E-state index contributed by atoms with van der Waals surface area (Å²) in [7, 11) is -3.52. The number of aromatic nitrogens is 5. The van der Waals surface area contributed by atoms with Crippen molar-refractivity contribution in [3.05, 3.63) is 46.6 Å². The van der Waals surface area contributed by atoms with E-state index in [9.17, 15) is 8.42 Å². The molecule has 0 unspecified atom stereocenters. The number of nitrogens with zero attached hydrogens (tertiary/aromatic N) is 5. The van der Waals surface area contributed by atoms with Gasteiger partial charge in [-0.05, 0) is 35.0 Å². The third-order valence-corrected chi connectivity index (χ3v) is 5.12. The summed E-state index contributed by atoms with van der Waals surface area (Å²) >= 11 is 6.00. The molecule has 0 bridgehead atoms. The molecule has 0 N–H and O–H groups in total. The van der Waals surface area contributed by atoms with E-state index in [1.54, 1.807) is 37.3 Å². The van der Waals surface area contributed by atoms with Crippen molar-refractivity contribution >= 4 is 27.1 Å². The number of sulfone groups is 1. The molecule has 0 aliphatic heterocycles. The number of tetrazole rings is 1. The highest BCUT2D eigenvalue weighted by Gasteiger charge is 2.22. The van der Waals surface area contributed by atoms with Crippen molar-refractivity contribution in [2.75, 3.05) is 0 Å². The number of hydrogen-bond donors (Lipinski definition) is 0. The fourth-order valence-electron chi connectivity index (χ4n) is 1.96. The lowest BCUT2D eigenvalue weighted by Crippen LogP contribution is -2.10. The Bertz CT molecular complexity index is 908. The monoisotopic (exact) mass is 323 g/mol. The van der Waals surface area contributed by atoms with Crippen molar-refractivity contribution in [1.82, 2.24) is 25.3 Å². The lowest BCUT2D eigenvalue weighted by Gasteiger charge is -2.08. The second-order valence-corrected chi connectivity index (χ2v) is 6.81. The van der Waals surface area contributed by atoms with Crippen LogP contribution in [-0.2, 0) is 15.6 Å². The van der Waals surface area contributed by atoms with E-state index < -0.39 is 9.84 Å². The Morgan fingerprint density at radius 1 is 1.24 bits per heavy atom. The molecule has 0 amide bonds. The maximum Gasteiger partial charge on any atom is 0.204 e. The first-order chi connectivity index (χ1) is 9.99. The van der Waals surface area contributed by atoms with Gasteiger partial charge in [0.1, 0.15) is 0 Å². The fourth-order valence-corrected chi connectivity index (χ4v) is 3.61. The molecule has 0 aliphatic rings. The zero-order valence-electron chi connectivity index (χ0n) is 10.9. The topological polar surface area (TPSA) is 90.1 Å². The van der Waals surface area contributed by atoms with E-state index in [0.29, 0.717) is 11.1 Å². The molecule has 0 fully saturated rings. The summed E-state index contributed by atoms with van der Waals surface area (Å²) in [6.45, 7) is 1.69. The van der Waals surface area contributed by atoms with Crippen LogP contribution in [0.15, 0.2) is 35.2 Å². The van der Waals surface area contributed by atoms with Gasteiger partial charge in [-0.25, -0.2) is 8.42 Å². The molecule has 0 radical (unpaired) electrons. The summed E-state index contributed by atoms with van der Waals surface area (Å²) in [6.07, 6.45) is 0. The highest BCUT2D eigenvalue weighted by molar-refractivity contribution is 7.90. The normalized spacial score (nSPS) is 11.9. The molecular weight excluding hydrogens is 314 g/mol. The fraction of sp³-hybridized carbons (Fsp3) is 0.167. The van der Waals surface area contributed by atoms with Crippen LogP contribution in [-0.4, -0.2) is 33.7 Å². The molecule has 2 heterocycles. The minimum absolute atomic E-state index is 0.174. The van der Waals surface area contributed by atoms with Crippen LogP contribution < -0.4 is 0 Å². The summed E-state index contributed by atoms with van der Waals surface area (Å²) in [5.74, 6) is -0.241. The van der Waals surface area contributed by atoms with Crippen LogP contribution in [0.2, 0.25) is 5.15 Å². The highest BCUT2D eigenvalue weighted by atomic mass is 35.5. The van der Waals surface area contributed by atoms with Crippen LogP contribution in [0.4, 0.5) is 0 Å². The van der Waals surface area contributed by atoms with Crippen molar-refractivity contribution < 1.29 is 8.42 Å². The third kappa shape index (κ3) is 2.47. The number of benzene rings is 1. The molecule has 108 valence electrons. The highest BCUT2D eigenvalue weighted by Crippen LogP contribution is 2.24. The van der Waals surface area contributed by atoms with Crippen LogP contribution >= 0.6 is 11.6 Å². The zero-order chi connectivity index (χ0) is 15.0. The van der Waals surface area contributed by atoms with Crippen LogP contribution in [0.5, 0.6) is 0 Å². The Balaban J connectivity index is 2.14. The van der Waals surface area contributed by atoms with E-state index in [1.807, 2.05) is 0 Å². The van der Waals surface area contributed by atoms with Gasteiger partial charge in [0.15, 0.2) is 15.0 Å². The van der Waals surface area contributed by atoms with E-state index in [-0.39, 0.29) is 21.4 Å². The number of hydrogen-bond acceptors (Lipinski definition) is 6. The van der Waals surface area contributed by atoms with Gasteiger partial charge in [0.2, 0.25) is 5.65 Å². The Hall–Kier alpha value is -2.06. The Morgan fingerprint density at radius 2 is 1.95 bits per heavy atom.